The first-order valence-corrected chi connectivity index (χ1v) is 15.7. The summed E-state index contributed by atoms with van der Waals surface area (Å²) >= 11 is -1.26. The Bertz CT molecular complexity index is 921. The van der Waals surface area contributed by atoms with Crippen LogP contribution in [0.4, 0.5) is 5.69 Å². The number of unbranched alkanes of at least 4 members (excludes halogenated alkanes) is 4. The number of nitrogens with one attached hydrogen (secondary N) is 2. The maximum absolute atomic E-state index is 13.7. The molecule has 0 radical (unpaired) electrons. The molecule has 0 amide bonds. The second-order valence-electron chi connectivity index (χ2n) is 11.9. The number of benzene rings is 1. The largest absolute Gasteiger partial charge is 0.598 e. The molecule has 2 heterocycles. The Kier molecular flexibility index (Phi) is 11.3. The van der Waals surface area contributed by atoms with E-state index in [2.05, 4.69) is 34.9 Å². The lowest BCUT2D eigenvalue weighted by Gasteiger charge is -2.43. The first kappa shape index (κ1) is 30.7. The summed E-state index contributed by atoms with van der Waals surface area (Å²) in [4.78, 5) is 15.8. The summed E-state index contributed by atoms with van der Waals surface area (Å²) in [7, 11) is 0. The van der Waals surface area contributed by atoms with Crippen LogP contribution in [0.3, 0.4) is 0 Å². The van der Waals surface area contributed by atoms with Gasteiger partial charge in [0.05, 0.1) is 29.0 Å². The minimum absolute atomic E-state index is 0.104. The van der Waals surface area contributed by atoms with E-state index in [-0.39, 0.29) is 23.3 Å². The second kappa shape index (κ2) is 14.0. The van der Waals surface area contributed by atoms with Gasteiger partial charge in [-0.25, -0.2) is 0 Å². The normalized spacial score (nSPS) is 22.7. The zero-order valence-electron chi connectivity index (χ0n) is 24.1. The van der Waals surface area contributed by atoms with Crippen LogP contribution in [0.15, 0.2) is 24.3 Å². The zero-order valence-corrected chi connectivity index (χ0v) is 24.9. The molecule has 0 bridgehead atoms. The monoisotopic (exact) mass is 544 g/mol. The number of piperidine rings is 1. The SMILES string of the molecule is CCCCCCC[C@@H](CC)C(=O)O[C@H]1N(c2ccc(C#N)cc2)C[C@@H](N[S+]([O-])C(C)(C)C)C12CCNCC2. The molecule has 2 aliphatic rings. The van der Waals surface area contributed by atoms with Crippen LogP contribution >= 0.6 is 0 Å². The predicted molar refractivity (Wildman–Crippen MR) is 155 cm³/mol. The van der Waals surface area contributed by atoms with Gasteiger partial charge >= 0.3 is 5.97 Å². The lowest BCUT2D eigenvalue weighted by molar-refractivity contribution is -0.161. The molecule has 212 valence electrons. The second-order valence-corrected chi connectivity index (χ2v) is 13.9. The lowest BCUT2D eigenvalue weighted by Crippen LogP contribution is -2.57. The molecule has 0 saturated carbocycles. The van der Waals surface area contributed by atoms with Crippen molar-refractivity contribution in [3.63, 3.8) is 0 Å². The summed E-state index contributed by atoms with van der Waals surface area (Å²) in [6, 6.07) is 9.56. The van der Waals surface area contributed by atoms with Crippen molar-refractivity contribution in [1.82, 2.24) is 10.0 Å². The Morgan fingerprint density at radius 1 is 1.21 bits per heavy atom. The van der Waals surface area contributed by atoms with Crippen LogP contribution in [0.2, 0.25) is 0 Å². The van der Waals surface area contributed by atoms with Crippen molar-refractivity contribution in [2.45, 2.75) is 109 Å². The van der Waals surface area contributed by atoms with Crippen molar-refractivity contribution < 1.29 is 14.1 Å². The lowest BCUT2D eigenvalue weighted by atomic mass is 9.74. The van der Waals surface area contributed by atoms with Gasteiger partial charge in [0.2, 0.25) is 0 Å². The van der Waals surface area contributed by atoms with Crippen LogP contribution in [0.1, 0.15) is 98.0 Å². The average molecular weight is 545 g/mol. The van der Waals surface area contributed by atoms with Crippen molar-refractivity contribution in [2.24, 2.45) is 11.3 Å². The van der Waals surface area contributed by atoms with E-state index in [4.69, 9.17) is 4.74 Å². The molecule has 1 aromatic rings. The van der Waals surface area contributed by atoms with Gasteiger partial charge in [0, 0.05) is 23.6 Å². The van der Waals surface area contributed by atoms with Crippen LogP contribution in [0.5, 0.6) is 0 Å². The van der Waals surface area contributed by atoms with Gasteiger partial charge in [0.1, 0.15) is 4.75 Å². The van der Waals surface area contributed by atoms with Crippen molar-refractivity contribution in [3.8, 4) is 6.07 Å². The van der Waals surface area contributed by atoms with Crippen LogP contribution in [-0.2, 0) is 20.9 Å². The number of rotatable bonds is 12. The van der Waals surface area contributed by atoms with E-state index >= 15 is 0 Å². The summed E-state index contributed by atoms with van der Waals surface area (Å²) in [6.07, 6.45) is 8.66. The number of ether oxygens (including phenoxy) is 1. The fraction of sp³-hybridized carbons (Fsp3) is 0.733. The molecular formula is C30H48N4O3S. The molecule has 0 aromatic heterocycles. The Morgan fingerprint density at radius 2 is 1.87 bits per heavy atom. The number of carbonyl (C=O) groups is 1. The molecule has 2 fully saturated rings. The predicted octanol–water partition coefficient (Wildman–Crippen LogP) is 5.42. The van der Waals surface area contributed by atoms with Gasteiger partial charge < -0.3 is 19.5 Å². The van der Waals surface area contributed by atoms with Crippen molar-refractivity contribution in [1.29, 1.82) is 5.26 Å². The van der Waals surface area contributed by atoms with Gasteiger partial charge in [0.25, 0.3) is 0 Å². The van der Waals surface area contributed by atoms with E-state index in [0.29, 0.717) is 12.1 Å². The molecule has 1 spiro atoms. The fourth-order valence-corrected chi connectivity index (χ4v) is 6.66. The third-order valence-corrected chi connectivity index (χ3v) is 9.84. The van der Waals surface area contributed by atoms with Gasteiger partial charge in [-0.05, 0) is 83.8 Å². The number of anilines is 1. The summed E-state index contributed by atoms with van der Waals surface area (Å²) in [6.45, 7) is 12.4. The molecule has 38 heavy (non-hydrogen) atoms. The number of hydrogen-bond donors (Lipinski definition) is 2. The van der Waals surface area contributed by atoms with Crippen LogP contribution in [-0.4, -0.2) is 47.2 Å². The minimum Gasteiger partial charge on any atom is -0.598 e. The molecular weight excluding hydrogens is 496 g/mol. The third-order valence-electron chi connectivity index (χ3n) is 8.23. The van der Waals surface area contributed by atoms with Gasteiger partial charge in [-0.3, -0.25) is 4.79 Å². The molecule has 1 unspecified atom stereocenters. The molecule has 4 atom stereocenters. The molecule has 8 heteroatoms. The zero-order chi connectivity index (χ0) is 27.8. The smallest absolute Gasteiger partial charge is 0.310 e. The Hall–Kier alpha value is -1.79. The van der Waals surface area contributed by atoms with E-state index < -0.39 is 22.3 Å². The summed E-state index contributed by atoms with van der Waals surface area (Å²) in [5, 5.41) is 12.8. The van der Waals surface area contributed by atoms with Gasteiger partial charge in [0.15, 0.2) is 6.23 Å². The highest BCUT2D eigenvalue weighted by atomic mass is 32.2. The van der Waals surface area contributed by atoms with E-state index in [1.807, 2.05) is 45.0 Å². The highest BCUT2D eigenvalue weighted by molar-refractivity contribution is 7.90. The van der Waals surface area contributed by atoms with Gasteiger partial charge in [-0.15, -0.1) is 4.72 Å². The summed E-state index contributed by atoms with van der Waals surface area (Å²) in [5.74, 6) is -0.240. The van der Waals surface area contributed by atoms with E-state index in [1.54, 1.807) is 0 Å². The molecule has 3 rings (SSSR count). The van der Waals surface area contributed by atoms with Crippen LogP contribution in [0, 0.1) is 22.7 Å². The highest BCUT2D eigenvalue weighted by Crippen LogP contribution is 2.47. The Labute approximate surface area is 233 Å². The van der Waals surface area contributed by atoms with E-state index in [9.17, 15) is 14.6 Å². The number of hydrogen-bond acceptors (Lipinski definition) is 7. The van der Waals surface area contributed by atoms with Gasteiger partial charge in [-0.2, -0.15) is 5.26 Å². The summed E-state index contributed by atoms with van der Waals surface area (Å²) < 4.78 is 22.8. The van der Waals surface area contributed by atoms with E-state index in [1.165, 1.54) is 19.3 Å². The molecule has 7 nitrogen and oxygen atoms in total. The Morgan fingerprint density at radius 3 is 2.45 bits per heavy atom. The topological polar surface area (TPSA) is 100 Å². The van der Waals surface area contributed by atoms with Gasteiger partial charge in [-0.1, -0.05) is 46.0 Å². The standard InChI is InChI=1S/C30H48N4O3S/c1-6-8-9-10-11-12-24(7-2)27(35)37-28-30(17-19-32-20-18-30)26(33-38(36)29(3,4)5)22-34(28)25-15-13-23(21-31)14-16-25/h13-16,24,26,28,32-33H,6-12,17-20,22H2,1-5H3/t24-,26-,28-,38?/m1/s1. The minimum atomic E-state index is -1.26. The first-order chi connectivity index (χ1) is 18.2. The maximum atomic E-state index is 13.7. The number of esters is 1. The molecule has 2 N–H and O–H groups in total. The number of nitriles is 1. The summed E-state index contributed by atoms with van der Waals surface area (Å²) in [5.41, 5.74) is 1.14. The number of nitrogens with zero attached hydrogens (tertiary/aromatic N) is 2. The molecule has 0 aliphatic carbocycles. The number of carbonyl (C=O) groups excluding carboxylic acids is 1. The first-order valence-electron chi connectivity index (χ1n) is 14.5. The average Bonchev–Trinajstić information content (AvgIpc) is 3.17. The molecule has 2 saturated heterocycles. The van der Waals surface area contributed by atoms with Crippen molar-refractivity contribution in [3.05, 3.63) is 29.8 Å². The van der Waals surface area contributed by atoms with E-state index in [0.717, 1.165) is 57.3 Å². The van der Waals surface area contributed by atoms with Crippen LogP contribution in [0.25, 0.3) is 0 Å². The Balaban J connectivity index is 1.90. The highest BCUT2D eigenvalue weighted by Gasteiger charge is 2.58. The van der Waals surface area contributed by atoms with Crippen LogP contribution < -0.4 is 14.9 Å². The van der Waals surface area contributed by atoms with Crippen molar-refractivity contribution in [2.75, 3.05) is 24.5 Å². The quantitative estimate of drug-likeness (QED) is 0.206. The molecule has 2 aliphatic heterocycles. The van der Waals surface area contributed by atoms with Crippen molar-refractivity contribution >= 4 is 23.0 Å². The maximum Gasteiger partial charge on any atom is 0.310 e. The third kappa shape index (κ3) is 7.44. The molecule has 1 aromatic carbocycles. The fourth-order valence-electron chi connectivity index (χ4n) is 5.74.